The SMILES string of the molecule is Cc1ccccc1N1C=C2C(=O)NC(N3CCC3(C)C)NC2N1. The van der Waals surface area contributed by atoms with Crippen LogP contribution < -0.4 is 21.1 Å². The number of carbonyl (C=O) groups excluding carboxylic acids is 1. The third kappa shape index (κ3) is 2.34. The first-order chi connectivity index (χ1) is 11.0. The standard InChI is InChI=1S/C17H23N5O/c1-11-6-4-5-7-13(11)22-10-12-14(20-22)18-16(19-15(12)23)21-9-8-17(21,2)3/h4-7,10,14,16,18,20H,8-9H2,1-3H3,(H,19,23). The summed E-state index contributed by atoms with van der Waals surface area (Å²) in [5, 5.41) is 8.50. The van der Waals surface area contributed by atoms with E-state index in [1.807, 2.05) is 29.4 Å². The van der Waals surface area contributed by atoms with Gasteiger partial charge in [-0.05, 0) is 38.8 Å². The zero-order chi connectivity index (χ0) is 16.2. The van der Waals surface area contributed by atoms with E-state index in [1.165, 1.54) is 0 Å². The van der Waals surface area contributed by atoms with Crippen LogP contribution in [-0.4, -0.2) is 35.3 Å². The predicted molar refractivity (Wildman–Crippen MR) is 89.1 cm³/mol. The van der Waals surface area contributed by atoms with E-state index in [-0.39, 0.29) is 23.9 Å². The Morgan fingerprint density at radius 1 is 1.26 bits per heavy atom. The molecule has 1 amide bonds. The smallest absolute Gasteiger partial charge is 0.254 e. The minimum Gasteiger partial charge on any atom is -0.324 e. The van der Waals surface area contributed by atoms with Gasteiger partial charge in [-0.25, -0.2) is 5.43 Å². The molecular weight excluding hydrogens is 290 g/mol. The second-order valence-electron chi connectivity index (χ2n) is 7.10. The summed E-state index contributed by atoms with van der Waals surface area (Å²) in [5.74, 6) is -0.00923. The van der Waals surface area contributed by atoms with E-state index in [1.54, 1.807) is 0 Å². The summed E-state index contributed by atoms with van der Waals surface area (Å²) in [6.07, 6.45) is 2.74. The minimum absolute atomic E-state index is 0.00923. The van der Waals surface area contributed by atoms with Crippen LogP contribution in [0, 0.1) is 6.92 Å². The Kier molecular flexibility index (Phi) is 3.23. The van der Waals surface area contributed by atoms with Gasteiger partial charge in [0.15, 0.2) is 0 Å². The number of rotatable bonds is 2. The van der Waals surface area contributed by atoms with Crippen LogP contribution in [-0.2, 0) is 4.79 Å². The van der Waals surface area contributed by atoms with Crippen LogP contribution >= 0.6 is 0 Å². The van der Waals surface area contributed by atoms with Gasteiger partial charge in [-0.2, -0.15) is 0 Å². The molecule has 0 radical (unpaired) electrons. The first-order valence-electron chi connectivity index (χ1n) is 8.12. The van der Waals surface area contributed by atoms with Crippen molar-refractivity contribution >= 4 is 11.6 Å². The topological polar surface area (TPSA) is 59.6 Å². The fourth-order valence-electron chi connectivity index (χ4n) is 3.49. The van der Waals surface area contributed by atoms with Crippen molar-refractivity contribution in [3.05, 3.63) is 41.6 Å². The number of para-hydroxylation sites is 1. The Morgan fingerprint density at radius 3 is 2.70 bits per heavy atom. The van der Waals surface area contributed by atoms with Crippen molar-refractivity contribution in [1.29, 1.82) is 0 Å². The summed E-state index contributed by atoms with van der Waals surface area (Å²) in [6, 6.07) is 8.13. The summed E-state index contributed by atoms with van der Waals surface area (Å²) in [6.45, 7) is 7.48. The average Bonchev–Trinajstić information content (AvgIpc) is 2.91. The van der Waals surface area contributed by atoms with Gasteiger partial charge >= 0.3 is 0 Å². The van der Waals surface area contributed by atoms with Gasteiger partial charge in [0, 0.05) is 18.3 Å². The van der Waals surface area contributed by atoms with Crippen LogP contribution in [0.15, 0.2) is 36.0 Å². The lowest BCUT2D eigenvalue weighted by molar-refractivity contribution is -0.127. The van der Waals surface area contributed by atoms with E-state index in [2.05, 4.69) is 47.8 Å². The fraction of sp³-hybridized carbons (Fsp3) is 0.471. The van der Waals surface area contributed by atoms with Crippen molar-refractivity contribution in [2.45, 2.75) is 45.2 Å². The summed E-state index contributed by atoms with van der Waals surface area (Å²) in [5.41, 5.74) is 6.46. The summed E-state index contributed by atoms with van der Waals surface area (Å²) < 4.78 is 0. The zero-order valence-corrected chi connectivity index (χ0v) is 13.8. The van der Waals surface area contributed by atoms with Crippen LogP contribution in [0.3, 0.4) is 0 Å². The third-order valence-corrected chi connectivity index (χ3v) is 5.13. The number of nitrogens with zero attached hydrogens (tertiary/aromatic N) is 2. The number of likely N-dealkylation sites (tertiary alicyclic amines) is 1. The van der Waals surface area contributed by atoms with E-state index < -0.39 is 0 Å². The first-order valence-corrected chi connectivity index (χ1v) is 8.12. The van der Waals surface area contributed by atoms with Gasteiger partial charge in [0.25, 0.3) is 5.91 Å². The highest BCUT2D eigenvalue weighted by Crippen LogP contribution is 2.32. The number of benzene rings is 1. The van der Waals surface area contributed by atoms with Crippen LogP contribution in [0.5, 0.6) is 0 Å². The number of fused-ring (bicyclic) bond motifs is 1. The fourth-order valence-corrected chi connectivity index (χ4v) is 3.49. The molecule has 2 saturated heterocycles. The Balaban J connectivity index is 1.55. The van der Waals surface area contributed by atoms with Crippen LogP contribution in [0.25, 0.3) is 0 Å². The highest BCUT2D eigenvalue weighted by molar-refractivity contribution is 5.96. The number of hydrazine groups is 1. The summed E-state index contributed by atoms with van der Waals surface area (Å²) in [4.78, 5) is 14.8. The normalized spacial score (nSPS) is 29.6. The lowest BCUT2D eigenvalue weighted by Gasteiger charge is -2.54. The average molecular weight is 313 g/mol. The van der Waals surface area contributed by atoms with Gasteiger partial charge in [0.1, 0.15) is 12.5 Å². The van der Waals surface area contributed by atoms with Gasteiger partial charge in [0.2, 0.25) is 0 Å². The zero-order valence-electron chi connectivity index (χ0n) is 13.8. The van der Waals surface area contributed by atoms with Gasteiger partial charge in [-0.15, -0.1) is 0 Å². The van der Waals surface area contributed by atoms with Crippen molar-refractivity contribution in [3.8, 4) is 0 Å². The maximum atomic E-state index is 12.5. The number of hydrogen-bond donors (Lipinski definition) is 3. The third-order valence-electron chi connectivity index (χ3n) is 5.13. The molecule has 2 atom stereocenters. The molecule has 4 rings (SSSR count). The number of anilines is 1. The number of carbonyl (C=O) groups is 1. The molecule has 23 heavy (non-hydrogen) atoms. The molecule has 3 N–H and O–H groups in total. The van der Waals surface area contributed by atoms with Crippen molar-refractivity contribution in [2.24, 2.45) is 0 Å². The lowest BCUT2D eigenvalue weighted by atomic mass is 9.89. The largest absolute Gasteiger partial charge is 0.324 e. The predicted octanol–water partition coefficient (Wildman–Crippen LogP) is 1.02. The molecule has 0 aromatic heterocycles. The second-order valence-corrected chi connectivity index (χ2v) is 7.10. The van der Waals surface area contributed by atoms with Crippen LogP contribution in [0.4, 0.5) is 5.69 Å². The number of amides is 1. The van der Waals surface area contributed by atoms with E-state index in [9.17, 15) is 4.79 Å². The molecular formula is C17H23N5O. The van der Waals surface area contributed by atoms with Gasteiger partial charge in [-0.1, -0.05) is 18.2 Å². The Morgan fingerprint density at radius 2 is 2.04 bits per heavy atom. The van der Waals surface area contributed by atoms with Crippen LogP contribution in [0.2, 0.25) is 0 Å². The van der Waals surface area contributed by atoms with Crippen molar-refractivity contribution in [2.75, 3.05) is 11.6 Å². The van der Waals surface area contributed by atoms with E-state index in [4.69, 9.17) is 0 Å². The summed E-state index contributed by atoms with van der Waals surface area (Å²) >= 11 is 0. The molecule has 3 aliphatic heterocycles. The molecule has 122 valence electrons. The monoisotopic (exact) mass is 313 g/mol. The molecule has 1 aromatic rings. The Hall–Kier alpha value is -1.89. The van der Waals surface area contributed by atoms with E-state index in [0.29, 0.717) is 0 Å². The molecule has 2 fully saturated rings. The maximum absolute atomic E-state index is 12.5. The molecule has 3 heterocycles. The molecule has 0 aliphatic carbocycles. The lowest BCUT2D eigenvalue weighted by Crippen LogP contribution is -2.74. The van der Waals surface area contributed by atoms with E-state index >= 15 is 0 Å². The highest BCUT2D eigenvalue weighted by Gasteiger charge is 2.45. The Labute approximate surface area is 136 Å². The molecule has 6 nitrogen and oxygen atoms in total. The van der Waals surface area contributed by atoms with Crippen LogP contribution in [0.1, 0.15) is 25.8 Å². The summed E-state index contributed by atoms with van der Waals surface area (Å²) in [7, 11) is 0. The van der Waals surface area contributed by atoms with E-state index in [0.717, 1.165) is 29.8 Å². The minimum atomic E-state index is -0.162. The maximum Gasteiger partial charge on any atom is 0.254 e. The number of nitrogens with one attached hydrogen (secondary N) is 3. The first kappa shape index (κ1) is 14.7. The van der Waals surface area contributed by atoms with Gasteiger partial charge in [0.05, 0.1) is 11.3 Å². The van der Waals surface area contributed by atoms with Gasteiger partial charge < -0.3 is 5.32 Å². The molecule has 3 aliphatic rings. The molecule has 0 spiro atoms. The quantitative estimate of drug-likeness (QED) is 0.761. The number of aryl methyl sites for hydroxylation is 1. The number of hydrogen-bond acceptors (Lipinski definition) is 5. The van der Waals surface area contributed by atoms with Crippen molar-refractivity contribution in [3.63, 3.8) is 0 Å². The second kappa shape index (κ2) is 5.06. The van der Waals surface area contributed by atoms with Crippen molar-refractivity contribution < 1.29 is 4.79 Å². The van der Waals surface area contributed by atoms with Gasteiger partial charge in [-0.3, -0.25) is 20.0 Å². The molecule has 0 saturated carbocycles. The highest BCUT2D eigenvalue weighted by atomic mass is 16.2. The molecule has 0 bridgehead atoms. The Bertz CT molecular complexity index is 683. The molecule has 6 heteroatoms. The molecule has 2 unspecified atom stereocenters. The molecule has 1 aromatic carbocycles. The van der Waals surface area contributed by atoms with Crippen molar-refractivity contribution in [1.82, 2.24) is 21.0 Å².